The van der Waals surface area contributed by atoms with E-state index in [0.717, 1.165) is 29.7 Å². The Bertz CT molecular complexity index is 1560. The number of hydrogen-bond acceptors (Lipinski definition) is 1. The van der Waals surface area contributed by atoms with Crippen LogP contribution in [0.4, 0.5) is 13.2 Å². The van der Waals surface area contributed by atoms with Crippen LogP contribution in [0, 0.1) is 52.5 Å². The van der Waals surface area contributed by atoms with E-state index in [-0.39, 0.29) is 11.1 Å². The number of hydrogen-bond donors (Lipinski definition) is 0. The smallest absolute Gasteiger partial charge is 0.146 e. The Hall–Kier alpha value is -4.46. The minimum Gasteiger partial charge on any atom is -0.205 e. The van der Waals surface area contributed by atoms with Gasteiger partial charge in [-0.25, -0.2) is 13.2 Å². The monoisotopic (exact) mass is 477 g/mol. The predicted molar refractivity (Wildman–Crippen MR) is 137 cm³/mol. The molecule has 0 amide bonds. The fourth-order valence-corrected chi connectivity index (χ4v) is 3.84. The first-order valence-electron chi connectivity index (χ1n) is 11.7. The molecule has 0 aliphatic rings. The third-order valence-corrected chi connectivity index (χ3v) is 5.82. The summed E-state index contributed by atoms with van der Waals surface area (Å²) >= 11 is 0. The minimum atomic E-state index is -1.00. The average Bonchev–Trinajstić information content (AvgIpc) is 2.88. The molecule has 0 unspecified atom stereocenters. The van der Waals surface area contributed by atoms with E-state index in [1.54, 1.807) is 18.2 Å². The quantitative estimate of drug-likeness (QED) is 0.219. The summed E-state index contributed by atoms with van der Waals surface area (Å²) in [7, 11) is 0. The van der Waals surface area contributed by atoms with Crippen molar-refractivity contribution in [3.05, 3.63) is 118 Å². The number of nitrogens with zero attached hydrogens (tertiary/aromatic N) is 1. The molecular weight excluding hydrogens is 455 g/mol. The Labute approximate surface area is 209 Å². The van der Waals surface area contributed by atoms with E-state index < -0.39 is 23.0 Å². The van der Waals surface area contributed by atoms with Gasteiger partial charge in [0.25, 0.3) is 0 Å². The van der Waals surface area contributed by atoms with E-state index in [9.17, 15) is 8.78 Å². The molecule has 0 aliphatic heterocycles. The molecule has 0 aromatic heterocycles. The molecule has 0 atom stereocenters. The van der Waals surface area contributed by atoms with E-state index in [4.69, 9.17) is 5.26 Å². The molecule has 0 saturated carbocycles. The maximum Gasteiger partial charge on any atom is 0.146 e. The van der Waals surface area contributed by atoms with Gasteiger partial charge in [-0.1, -0.05) is 67.7 Å². The Morgan fingerprint density at radius 1 is 0.694 bits per heavy atom. The summed E-state index contributed by atoms with van der Waals surface area (Å²) in [4.78, 5) is 0. The molecule has 0 heterocycles. The molecule has 1 nitrogen and oxygen atoms in total. The molecule has 176 valence electrons. The van der Waals surface area contributed by atoms with Gasteiger partial charge >= 0.3 is 0 Å². The van der Waals surface area contributed by atoms with Gasteiger partial charge in [0.05, 0.1) is 5.56 Å². The third kappa shape index (κ3) is 5.78. The van der Waals surface area contributed by atoms with E-state index in [1.807, 2.05) is 18.2 Å². The average molecular weight is 478 g/mol. The van der Waals surface area contributed by atoms with Crippen LogP contribution in [0.5, 0.6) is 0 Å². The third-order valence-electron chi connectivity index (χ3n) is 5.82. The molecule has 0 bridgehead atoms. The van der Waals surface area contributed by atoms with Crippen molar-refractivity contribution in [2.24, 2.45) is 0 Å². The lowest BCUT2D eigenvalue weighted by molar-refractivity contribution is 0.576. The molecule has 0 saturated heterocycles. The van der Waals surface area contributed by atoms with Crippen molar-refractivity contribution in [2.45, 2.75) is 32.6 Å². The lowest BCUT2D eigenvalue weighted by Gasteiger charge is -2.03. The van der Waals surface area contributed by atoms with Gasteiger partial charge in [-0.3, -0.25) is 0 Å². The van der Waals surface area contributed by atoms with Crippen LogP contribution in [-0.4, -0.2) is 0 Å². The highest BCUT2D eigenvalue weighted by molar-refractivity contribution is 5.86. The van der Waals surface area contributed by atoms with Gasteiger partial charge in [0.2, 0.25) is 0 Å². The molecule has 4 heteroatoms. The molecule has 0 fully saturated rings. The lowest BCUT2D eigenvalue weighted by Crippen LogP contribution is -1.92. The first-order chi connectivity index (χ1) is 17.5. The highest BCUT2D eigenvalue weighted by atomic mass is 19.1. The van der Waals surface area contributed by atoms with Gasteiger partial charge in [0.1, 0.15) is 29.1 Å². The molecule has 0 N–H and O–H groups in total. The van der Waals surface area contributed by atoms with Crippen molar-refractivity contribution in [1.29, 1.82) is 5.26 Å². The molecule has 0 aliphatic carbocycles. The summed E-state index contributed by atoms with van der Waals surface area (Å²) in [5, 5.41) is 9.81. The Kier molecular flexibility index (Phi) is 7.75. The Morgan fingerprint density at radius 2 is 1.36 bits per heavy atom. The normalized spacial score (nSPS) is 10.2. The lowest BCUT2D eigenvalue weighted by atomic mass is 10.0. The molecule has 4 aromatic rings. The van der Waals surface area contributed by atoms with Gasteiger partial charge in [-0.15, -0.1) is 0 Å². The summed E-state index contributed by atoms with van der Waals surface area (Å²) in [6, 6.07) is 20.1. The number of nitriles is 1. The predicted octanol–water partition coefficient (Wildman–Crippen LogP) is 7.66. The van der Waals surface area contributed by atoms with Crippen molar-refractivity contribution in [2.75, 3.05) is 0 Å². The fraction of sp³-hybridized carbons (Fsp3) is 0.156. The van der Waals surface area contributed by atoms with Crippen LogP contribution in [0.2, 0.25) is 0 Å². The number of unbranched alkanes of at least 4 members (excludes halogenated alkanes) is 2. The Balaban J connectivity index is 1.54. The molecule has 4 aromatic carbocycles. The topological polar surface area (TPSA) is 23.8 Å². The van der Waals surface area contributed by atoms with Crippen LogP contribution in [0.3, 0.4) is 0 Å². The summed E-state index contributed by atoms with van der Waals surface area (Å²) in [5.74, 6) is 8.95. The van der Waals surface area contributed by atoms with Crippen LogP contribution < -0.4 is 0 Å². The molecule has 0 spiro atoms. The van der Waals surface area contributed by atoms with Crippen molar-refractivity contribution in [3.8, 4) is 29.8 Å². The van der Waals surface area contributed by atoms with Crippen LogP contribution in [0.15, 0.2) is 66.7 Å². The van der Waals surface area contributed by atoms with Crippen molar-refractivity contribution < 1.29 is 13.2 Å². The van der Waals surface area contributed by atoms with Gasteiger partial charge in [-0.2, -0.15) is 5.26 Å². The van der Waals surface area contributed by atoms with Gasteiger partial charge < -0.3 is 0 Å². The largest absolute Gasteiger partial charge is 0.205 e. The highest BCUT2D eigenvalue weighted by Crippen LogP contribution is 2.22. The number of fused-ring (bicyclic) bond motifs is 1. The molecule has 4 rings (SSSR count). The summed E-state index contributed by atoms with van der Waals surface area (Å²) < 4.78 is 42.6. The Morgan fingerprint density at radius 3 is 2.06 bits per heavy atom. The summed E-state index contributed by atoms with van der Waals surface area (Å²) in [6.07, 6.45) is 4.70. The second-order valence-corrected chi connectivity index (χ2v) is 8.44. The second kappa shape index (κ2) is 11.3. The van der Waals surface area contributed by atoms with Gasteiger partial charge in [0, 0.05) is 22.1 Å². The maximum atomic E-state index is 15.1. The highest BCUT2D eigenvalue weighted by Gasteiger charge is 2.10. The SMILES string of the molecule is CCCCCc1ccc(C#Cc2ccc3c(F)c(C#Cc4cc(F)c(C#N)c(F)c4)ccc3c2)cc1. The summed E-state index contributed by atoms with van der Waals surface area (Å²) in [6.45, 7) is 2.19. The zero-order chi connectivity index (χ0) is 25.5. The fourth-order valence-electron chi connectivity index (χ4n) is 3.84. The standard InChI is InChI=1S/C32H22F3N/c1-2-3-4-5-22-6-8-23(9-7-22)10-11-24-13-17-28-27(18-24)16-15-26(32(28)35)14-12-25-19-30(33)29(21-36)31(34)20-25/h6-9,13,15-20H,2-5H2,1H3. The molecule has 0 radical (unpaired) electrons. The van der Waals surface area contributed by atoms with E-state index in [2.05, 4.69) is 42.7 Å². The first-order valence-corrected chi connectivity index (χ1v) is 11.7. The van der Waals surface area contributed by atoms with Crippen molar-refractivity contribution >= 4 is 10.8 Å². The zero-order valence-electron chi connectivity index (χ0n) is 19.8. The summed E-state index contributed by atoms with van der Waals surface area (Å²) in [5.41, 5.74) is 2.44. The molecule has 36 heavy (non-hydrogen) atoms. The maximum absolute atomic E-state index is 15.1. The van der Waals surface area contributed by atoms with Gasteiger partial charge in [-0.05, 0) is 66.3 Å². The van der Waals surface area contributed by atoms with Crippen LogP contribution in [0.25, 0.3) is 10.8 Å². The van der Waals surface area contributed by atoms with Crippen molar-refractivity contribution in [1.82, 2.24) is 0 Å². The van der Waals surface area contributed by atoms with Crippen LogP contribution in [-0.2, 0) is 6.42 Å². The van der Waals surface area contributed by atoms with Gasteiger partial charge in [0.15, 0.2) is 0 Å². The minimum absolute atomic E-state index is 0.0168. The number of halogens is 3. The number of aryl methyl sites for hydroxylation is 1. The zero-order valence-corrected chi connectivity index (χ0v) is 19.8. The van der Waals surface area contributed by atoms with E-state index in [1.165, 1.54) is 37.0 Å². The van der Waals surface area contributed by atoms with Crippen LogP contribution in [0.1, 0.15) is 59.6 Å². The molecular formula is C32H22F3N. The van der Waals surface area contributed by atoms with Crippen molar-refractivity contribution in [3.63, 3.8) is 0 Å². The number of rotatable bonds is 4. The van der Waals surface area contributed by atoms with Crippen LogP contribution >= 0.6 is 0 Å². The first kappa shape index (κ1) is 24.7. The second-order valence-electron chi connectivity index (χ2n) is 8.44. The van der Waals surface area contributed by atoms with E-state index in [0.29, 0.717) is 10.8 Å². The van der Waals surface area contributed by atoms with E-state index >= 15 is 4.39 Å². The number of benzene rings is 4.